The molecular weight excluding hydrogens is 331 g/mol. The molecule has 19 heavy (non-hydrogen) atoms. The third-order valence-corrected chi connectivity index (χ3v) is 8.71. The van der Waals surface area contributed by atoms with E-state index in [1.165, 1.54) is 22.3 Å². The van der Waals surface area contributed by atoms with Gasteiger partial charge in [-0.05, 0) is 0 Å². The molecule has 2 aliphatic rings. The summed E-state index contributed by atoms with van der Waals surface area (Å²) in [7, 11) is -0.823. The number of hydrogen-bond donors (Lipinski definition) is 0. The van der Waals surface area contributed by atoms with E-state index in [1.54, 1.807) is 0 Å². The van der Waals surface area contributed by atoms with Crippen LogP contribution in [-0.4, -0.2) is 8.80 Å². The topological polar surface area (TPSA) is 0 Å². The number of allylic oxidation sites excluding steroid dienone is 5. The molecule has 0 saturated carbocycles. The van der Waals surface area contributed by atoms with Gasteiger partial charge < -0.3 is 0 Å². The summed E-state index contributed by atoms with van der Waals surface area (Å²) in [6, 6.07) is 8.69. The van der Waals surface area contributed by atoms with E-state index in [9.17, 15) is 0 Å². The standard InChI is InChI=1S/C15H15Si.2ClH.Cr/c1-16(2)15-9-5-8-13-12-7-4-3-6-11(12)10-14(13)15;;;/h3-10,16H,1-2H3;2*1H;. The first-order chi connectivity index (χ1) is 8.13. The van der Waals surface area contributed by atoms with Crippen LogP contribution in [0.4, 0.5) is 0 Å². The molecule has 0 aliphatic heterocycles. The van der Waals surface area contributed by atoms with Crippen LogP contribution in [0.15, 0.2) is 48.1 Å². The molecular formula is C15H17Cl2CrSi. The quantitative estimate of drug-likeness (QED) is 0.650. The third-order valence-electron chi connectivity index (χ3n) is 3.73. The van der Waals surface area contributed by atoms with Gasteiger partial charge in [-0.15, -0.1) is 24.8 Å². The van der Waals surface area contributed by atoms with Crippen LogP contribution in [0, 0.1) is 0 Å². The molecule has 1 atom stereocenters. The van der Waals surface area contributed by atoms with E-state index in [1.807, 2.05) is 0 Å². The summed E-state index contributed by atoms with van der Waals surface area (Å²) >= 11 is 3.46. The van der Waals surface area contributed by atoms with Crippen LogP contribution in [0.3, 0.4) is 0 Å². The molecule has 0 spiro atoms. The van der Waals surface area contributed by atoms with Crippen molar-refractivity contribution in [3.05, 3.63) is 59.2 Å². The zero-order valence-electron chi connectivity index (χ0n) is 10.9. The van der Waals surface area contributed by atoms with Gasteiger partial charge in [-0.3, -0.25) is 0 Å². The summed E-state index contributed by atoms with van der Waals surface area (Å²) < 4.78 is 0.184. The Morgan fingerprint density at radius 3 is 2.47 bits per heavy atom. The maximum absolute atomic E-state index is 3.46. The molecule has 0 amide bonds. The minimum atomic E-state index is -0.823. The molecule has 4 heteroatoms. The Morgan fingerprint density at radius 1 is 1.11 bits per heavy atom. The summed E-state index contributed by atoms with van der Waals surface area (Å²) in [4.78, 5) is 0. The first kappa shape index (κ1) is 16.8. The molecule has 0 N–H and O–H groups in total. The molecule has 1 unspecified atom stereocenters. The fraction of sp³-hybridized carbons (Fsp3) is 0.200. The van der Waals surface area contributed by atoms with Crippen LogP contribution in [0.5, 0.6) is 0 Å². The van der Waals surface area contributed by atoms with E-state index in [2.05, 4.69) is 78.0 Å². The van der Waals surface area contributed by atoms with Crippen molar-refractivity contribution in [1.82, 2.24) is 0 Å². The Balaban J connectivity index is 0.000000902. The smallest absolute Gasteiger partial charge is 0.147 e. The maximum Gasteiger partial charge on any atom is -0.147 e. The van der Waals surface area contributed by atoms with Crippen LogP contribution in [0.25, 0.3) is 11.6 Å². The van der Waals surface area contributed by atoms with Crippen molar-refractivity contribution in [2.24, 2.45) is 0 Å². The largest absolute Gasteiger partial charge is 0.147 e. The van der Waals surface area contributed by atoms with E-state index in [0.717, 1.165) is 0 Å². The molecule has 0 aromatic heterocycles. The van der Waals surface area contributed by atoms with Crippen molar-refractivity contribution in [1.29, 1.82) is 0 Å². The van der Waals surface area contributed by atoms with E-state index < -0.39 is 8.80 Å². The first-order valence-corrected chi connectivity index (χ1v) is 9.57. The maximum atomic E-state index is 3.46. The fourth-order valence-corrected chi connectivity index (χ4v) is 4.37. The number of rotatable bonds is 1. The molecule has 101 valence electrons. The second-order valence-corrected chi connectivity index (χ2v) is 9.99. The molecule has 0 saturated heterocycles. The van der Waals surface area contributed by atoms with Gasteiger partial charge >= 0.3 is 113 Å². The van der Waals surface area contributed by atoms with Crippen molar-refractivity contribution in [3.63, 3.8) is 0 Å². The zero-order chi connectivity index (χ0) is 12.0. The zero-order valence-corrected chi connectivity index (χ0v) is 15.0. The summed E-state index contributed by atoms with van der Waals surface area (Å²) in [6.07, 6.45) is 9.20. The predicted molar refractivity (Wildman–Crippen MR) is 87.6 cm³/mol. The van der Waals surface area contributed by atoms with Crippen molar-refractivity contribution in [2.75, 3.05) is 0 Å². The van der Waals surface area contributed by atoms with E-state index in [-0.39, 0.29) is 28.7 Å². The van der Waals surface area contributed by atoms with Crippen LogP contribution >= 0.6 is 24.8 Å². The number of halogens is 2. The fourth-order valence-electron chi connectivity index (χ4n) is 2.63. The molecule has 2 aliphatic carbocycles. The van der Waals surface area contributed by atoms with Crippen LogP contribution < -0.4 is 0 Å². The third kappa shape index (κ3) is 2.53. The monoisotopic (exact) mass is 347 g/mol. The summed E-state index contributed by atoms with van der Waals surface area (Å²) in [6.45, 7) is 4.82. The predicted octanol–water partition coefficient (Wildman–Crippen LogP) is 4.61. The molecule has 3 rings (SSSR count). The summed E-state index contributed by atoms with van der Waals surface area (Å²) in [5.41, 5.74) is 5.67. The Hall–Kier alpha value is -0.231. The van der Waals surface area contributed by atoms with E-state index in [0.29, 0.717) is 0 Å². The number of benzene rings is 1. The minimum absolute atomic E-state index is 0. The molecule has 0 bridgehead atoms. The van der Waals surface area contributed by atoms with Gasteiger partial charge in [0.15, 0.2) is 0 Å². The molecule has 0 radical (unpaired) electrons. The Bertz CT molecular complexity index is 575. The van der Waals surface area contributed by atoms with Gasteiger partial charge in [0.1, 0.15) is 0 Å². The van der Waals surface area contributed by atoms with Crippen LogP contribution in [0.2, 0.25) is 17.0 Å². The Labute approximate surface area is 137 Å². The van der Waals surface area contributed by atoms with Crippen LogP contribution in [0.1, 0.15) is 11.1 Å². The first-order valence-electron chi connectivity index (χ1n) is 6.05. The normalized spacial score (nSPS) is 22.7. The van der Waals surface area contributed by atoms with E-state index in [4.69, 9.17) is 0 Å². The van der Waals surface area contributed by atoms with Gasteiger partial charge in [-0.1, -0.05) is 0 Å². The van der Waals surface area contributed by atoms with Gasteiger partial charge in [-0.25, -0.2) is 0 Å². The Kier molecular flexibility index (Phi) is 5.35. The second-order valence-electron chi connectivity index (χ2n) is 5.03. The molecule has 1 aromatic rings. The average Bonchev–Trinajstić information content (AvgIpc) is 2.70. The molecule has 0 nitrogen and oxygen atoms in total. The van der Waals surface area contributed by atoms with Gasteiger partial charge in [0.25, 0.3) is 0 Å². The number of hydrogen-bond acceptors (Lipinski definition) is 0. The molecule has 0 heterocycles. The van der Waals surface area contributed by atoms with Gasteiger partial charge in [0, 0.05) is 0 Å². The summed E-state index contributed by atoms with van der Waals surface area (Å²) in [5, 5.41) is 0. The average molecular weight is 348 g/mol. The van der Waals surface area contributed by atoms with Gasteiger partial charge in [0.2, 0.25) is 0 Å². The molecule has 0 fully saturated rings. The van der Waals surface area contributed by atoms with Gasteiger partial charge in [0.05, 0.1) is 0 Å². The van der Waals surface area contributed by atoms with Crippen molar-refractivity contribution >= 4 is 45.3 Å². The van der Waals surface area contributed by atoms with Crippen molar-refractivity contribution < 1.29 is 16.3 Å². The van der Waals surface area contributed by atoms with Crippen molar-refractivity contribution in [3.8, 4) is 0 Å². The van der Waals surface area contributed by atoms with Crippen molar-refractivity contribution in [2.45, 2.75) is 17.0 Å². The molecule has 1 aromatic carbocycles. The second kappa shape index (κ2) is 6.04. The minimum Gasteiger partial charge on any atom is -0.147 e. The summed E-state index contributed by atoms with van der Waals surface area (Å²) in [5.74, 6) is 0. The van der Waals surface area contributed by atoms with Gasteiger partial charge in [-0.2, -0.15) is 0 Å². The van der Waals surface area contributed by atoms with E-state index >= 15 is 0 Å². The van der Waals surface area contributed by atoms with Crippen LogP contribution in [-0.2, 0) is 16.3 Å². The number of fused-ring (bicyclic) bond motifs is 3. The SMILES string of the molecule is C[SiH](C)[C]1([Cr])C=CC=C2C1=Cc1ccccc12.Cl.Cl. The Morgan fingerprint density at radius 2 is 1.79 bits per heavy atom.